The van der Waals surface area contributed by atoms with E-state index in [0.717, 1.165) is 23.3 Å². The van der Waals surface area contributed by atoms with Crippen molar-refractivity contribution in [3.8, 4) is 0 Å². The third-order valence-electron chi connectivity index (χ3n) is 4.87. The molecule has 0 aliphatic heterocycles. The average molecular weight is 468 g/mol. The van der Waals surface area contributed by atoms with E-state index in [1.807, 2.05) is 0 Å². The lowest BCUT2D eigenvalue weighted by molar-refractivity contribution is -0.137. The molecule has 0 aliphatic carbocycles. The van der Waals surface area contributed by atoms with Crippen LogP contribution in [0.25, 0.3) is 5.57 Å². The van der Waals surface area contributed by atoms with Gasteiger partial charge in [-0.05, 0) is 65.6 Å². The SMILES string of the molecule is CC(=CC(=O)NCc1cccc(NC(=O)NCc2ccncc2)c1)c1ccc(C(F)(F)F)cc1. The molecule has 176 valence electrons. The van der Waals surface area contributed by atoms with Gasteiger partial charge in [0.05, 0.1) is 5.56 Å². The van der Waals surface area contributed by atoms with Gasteiger partial charge in [0.25, 0.3) is 0 Å². The summed E-state index contributed by atoms with van der Waals surface area (Å²) in [5, 5.41) is 8.22. The van der Waals surface area contributed by atoms with Crippen LogP contribution in [0, 0.1) is 0 Å². The Bertz CT molecular complexity index is 1160. The van der Waals surface area contributed by atoms with Crippen molar-refractivity contribution >= 4 is 23.2 Å². The average Bonchev–Trinajstić information content (AvgIpc) is 2.82. The summed E-state index contributed by atoms with van der Waals surface area (Å²) in [6.07, 6.45) is 0.217. The second kappa shape index (κ2) is 11.1. The molecule has 0 spiro atoms. The molecule has 3 rings (SSSR count). The quantitative estimate of drug-likeness (QED) is 0.420. The Balaban J connectivity index is 1.51. The minimum Gasteiger partial charge on any atom is -0.348 e. The minimum atomic E-state index is -4.41. The summed E-state index contributed by atoms with van der Waals surface area (Å²) in [5.41, 5.74) is 2.56. The van der Waals surface area contributed by atoms with Gasteiger partial charge in [0.15, 0.2) is 0 Å². The van der Waals surface area contributed by atoms with Crippen molar-refractivity contribution in [3.05, 3.63) is 101 Å². The molecule has 1 aromatic heterocycles. The van der Waals surface area contributed by atoms with Crippen LogP contribution in [-0.2, 0) is 24.1 Å². The van der Waals surface area contributed by atoms with Crippen molar-refractivity contribution in [2.24, 2.45) is 0 Å². The number of hydrogen-bond acceptors (Lipinski definition) is 3. The van der Waals surface area contributed by atoms with Gasteiger partial charge in [-0.1, -0.05) is 24.3 Å². The molecule has 0 atom stereocenters. The number of aromatic nitrogens is 1. The predicted molar refractivity (Wildman–Crippen MR) is 123 cm³/mol. The fourth-order valence-electron chi connectivity index (χ4n) is 3.06. The number of benzene rings is 2. The molecule has 3 aromatic rings. The molecule has 6 nitrogen and oxygen atoms in total. The first-order chi connectivity index (χ1) is 16.2. The molecule has 34 heavy (non-hydrogen) atoms. The zero-order valence-corrected chi connectivity index (χ0v) is 18.3. The van der Waals surface area contributed by atoms with Crippen LogP contribution in [0.2, 0.25) is 0 Å². The highest BCUT2D eigenvalue weighted by Crippen LogP contribution is 2.30. The molecule has 0 saturated carbocycles. The van der Waals surface area contributed by atoms with E-state index in [0.29, 0.717) is 23.4 Å². The van der Waals surface area contributed by atoms with Gasteiger partial charge in [0, 0.05) is 37.2 Å². The molecule has 2 aromatic carbocycles. The van der Waals surface area contributed by atoms with Crippen molar-refractivity contribution < 1.29 is 22.8 Å². The number of alkyl halides is 3. The molecular formula is C25H23F3N4O2. The zero-order valence-electron chi connectivity index (χ0n) is 18.3. The normalized spacial score (nSPS) is 11.6. The number of pyridine rings is 1. The molecule has 0 bridgehead atoms. The first-order valence-electron chi connectivity index (χ1n) is 10.4. The van der Waals surface area contributed by atoms with Gasteiger partial charge in [-0.2, -0.15) is 13.2 Å². The summed E-state index contributed by atoms with van der Waals surface area (Å²) in [6.45, 7) is 2.22. The Labute approximate surface area is 194 Å². The maximum absolute atomic E-state index is 12.7. The molecule has 0 saturated heterocycles. The van der Waals surface area contributed by atoms with Crippen molar-refractivity contribution in [1.29, 1.82) is 0 Å². The number of nitrogens with zero attached hydrogens (tertiary/aromatic N) is 1. The van der Waals surface area contributed by atoms with Crippen LogP contribution in [0.5, 0.6) is 0 Å². The molecule has 0 aliphatic rings. The van der Waals surface area contributed by atoms with Crippen LogP contribution in [0.4, 0.5) is 23.7 Å². The molecule has 0 fully saturated rings. The highest BCUT2D eigenvalue weighted by atomic mass is 19.4. The predicted octanol–water partition coefficient (Wildman–Crippen LogP) is 5.14. The highest BCUT2D eigenvalue weighted by Gasteiger charge is 2.29. The van der Waals surface area contributed by atoms with Crippen LogP contribution < -0.4 is 16.0 Å². The number of carbonyl (C=O) groups excluding carboxylic acids is 2. The summed E-state index contributed by atoms with van der Waals surface area (Å²) in [4.78, 5) is 28.3. The van der Waals surface area contributed by atoms with Crippen LogP contribution in [0.3, 0.4) is 0 Å². The molecule has 3 amide bonds. The Morgan fingerprint density at radius 1 is 0.912 bits per heavy atom. The molecule has 3 N–H and O–H groups in total. The Hall–Kier alpha value is -4.14. The molecule has 0 radical (unpaired) electrons. The van der Waals surface area contributed by atoms with Gasteiger partial charge in [-0.25, -0.2) is 4.79 Å². The van der Waals surface area contributed by atoms with E-state index in [1.54, 1.807) is 55.7 Å². The molecule has 9 heteroatoms. The Kier molecular flexibility index (Phi) is 8.02. The lowest BCUT2D eigenvalue weighted by Gasteiger charge is -2.10. The number of carbonyl (C=O) groups is 2. The lowest BCUT2D eigenvalue weighted by Crippen LogP contribution is -2.28. The third kappa shape index (κ3) is 7.47. The van der Waals surface area contributed by atoms with Gasteiger partial charge < -0.3 is 16.0 Å². The maximum Gasteiger partial charge on any atom is 0.416 e. The first kappa shape index (κ1) is 24.5. The van der Waals surface area contributed by atoms with Gasteiger partial charge >= 0.3 is 12.2 Å². The third-order valence-corrected chi connectivity index (χ3v) is 4.87. The van der Waals surface area contributed by atoms with Gasteiger partial charge in [0.1, 0.15) is 0 Å². The van der Waals surface area contributed by atoms with Crippen molar-refractivity contribution in [2.75, 3.05) is 5.32 Å². The summed E-state index contributed by atoms with van der Waals surface area (Å²) in [7, 11) is 0. The second-order valence-corrected chi connectivity index (χ2v) is 7.48. The van der Waals surface area contributed by atoms with Gasteiger partial charge in [0.2, 0.25) is 5.91 Å². The zero-order chi connectivity index (χ0) is 24.6. The van der Waals surface area contributed by atoms with E-state index >= 15 is 0 Å². The Morgan fingerprint density at radius 3 is 2.26 bits per heavy atom. The van der Waals surface area contributed by atoms with E-state index < -0.39 is 11.7 Å². The van der Waals surface area contributed by atoms with Crippen LogP contribution in [-0.4, -0.2) is 16.9 Å². The second-order valence-electron chi connectivity index (χ2n) is 7.48. The van der Waals surface area contributed by atoms with Gasteiger partial charge in [-0.15, -0.1) is 0 Å². The largest absolute Gasteiger partial charge is 0.416 e. The molecule has 1 heterocycles. The number of amides is 3. The van der Waals surface area contributed by atoms with E-state index in [2.05, 4.69) is 20.9 Å². The summed E-state index contributed by atoms with van der Waals surface area (Å²) >= 11 is 0. The number of nitrogens with one attached hydrogen (secondary N) is 3. The van der Waals surface area contributed by atoms with Gasteiger partial charge in [-0.3, -0.25) is 9.78 Å². The number of urea groups is 1. The molecule has 0 unspecified atom stereocenters. The fraction of sp³-hybridized carbons (Fsp3) is 0.160. The molecular weight excluding hydrogens is 445 g/mol. The Morgan fingerprint density at radius 2 is 1.59 bits per heavy atom. The smallest absolute Gasteiger partial charge is 0.348 e. The standard InChI is InChI=1S/C25H23F3N4O2/c1-17(20-5-7-21(8-6-20)25(26,27)28)13-23(33)30-16-19-3-2-4-22(14-19)32-24(34)31-15-18-9-11-29-12-10-18/h2-14H,15-16H2,1H3,(H,30,33)(H2,31,32,34). The van der Waals surface area contributed by atoms with E-state index in [1.165, 1.54) is 18.2 Å². The van der Waals surface area contributed by atoms with E-state index in [9.17, 15) is 22.8 Å². The minimum absolute atomic E-state index is 0.212. The number of anilines is 1. The highest BCUT2D eigenvalue weighted by molar-refractivity contribution is 5.94. The lowest BCUT2D eigenvalue weighted by atomic mass is 10.0. The monoisotopic (exact) mass is 468 g/mol. The summed E-state index contributed by atoms with van der Waals surface area (Å²) in [5.74, 6) is -0.383. The first-order valence-corrected chi connectivity index (χ1v) is 10.4. The number of halogens is 3. The van der Waals surface area contributed by atoms with E-state index in [4.69, 9.17) is 0 Å². The van der Waals surface area contributed by atoms with Crippen molar-refractivity contribution in [1.82, 2.24) is 15.6 Å². The number of allylic oxidation sites excluding steroid dienone is 1. The van der Waals surface area contributed by atoms with Crippen LogP contribution in [0.1, 0.15) is 29.2 Å². The number of rotatable bonds is 7. The summed E-state index contributed by atoms with van der Waals surface area (Å²) in [6, 6.07) is 14.9. The van der Waals surface area contributed by atoms with Crippen LogP contribution in [0.15, 0.2) is 79.1 Å². The van der Waals surface area contributed by atoms with E-state index in [-0.39, 0.29) is 18.5 Å². The number of hydrogen-bond donors (Lipinski definition) is 3. The van der Waals surface area contributed by atoms with Crippen molar-refractivity contribution in [2.45, 2.75) is 26.2 Å². The van der Waals surface area contributed by atoms with Crippen LogP contribution >= 0.6 is 0 Å². The summed E-state index contributed by atoms with van der Waals surface area (Å²) < 4.78 is 38.1. The van der Waals surface area contributed by atoms with Crippen molar-refractivity contribution in [3.63, 3.8) is 0 Å². The fourth-order valence-corrected chi connectivity index (χ4v) is 3.06. The maximum atomic E-state index is 12.7. The topological polar surface area (TPSA) is 83.1 Å².